The van der Waals surface area contributed by atoms with Crippen LogP contribution in [0.1, 0.15) is 37.7 Å². The Morgan fingerprint density at radius 2 is 1.62 bits per heavy atom. The van der Waals surface area contributed by atoms with Crippen LogP contribution in [0.25, 0.3) is 0 Å². The van der Waals surface area contributed by atoms with E-state index >= 15 is 0 Å². The summed E-state index contributed by atoms with van der Waals surface area (Å²) in [6, 6.07) is 11.8. The molecular formula is C26H25ClN2O5. The van der Waals surface area contributed by atoms with Crippen LogP contribution in [0.3, 0.4) is 0 Å². The predicted octanol–water partition coefficient (Wildman–Crippen LogP) is 4.29. The largest absolute Gasteiger partial charge is 0.426 e. The molecule has 34 heavy (non-hydrogen) atoms. The van der Waals surface area contributed by atoms with Crippen molar-refractivity contribution in [1.82, 2.24) is 0 Å². The van der Waals surface area contributed by atoms with E-state index in [1.54, 1.807) is 54.3 Å². The Hall–Kier alpha value is -3.19. The lowest BCUT2D eigenvalue weighted by Crippen LogP contribution is -2.31. The van der Waals surface area contributed by atoms with Crippen molar-refractivity contribution in [2.24, 2.45) is 17.8 Å². The zero-order valence-corrected chi connectivity index (χ0v) is 19.6. The molecule has 3 amide bonds. The Kier molecular flexibility index (Phi) is 5.90. The highest BCUT2D eigenvalue weighted by molar-refractivity contribution is 6.30. The number of hydrogen-bond donors (Lipinski definition) is 0. The fraction of sp³-hybridized carbons (Fsp3) is 0.385. The quantitative estimate of drug-likeness (QED) is 0.370. The van der Waals surface area contributed by atoms with Gasteiger partial charge >= 0.3 is 5.97 Å². The molecule has 2 saturated heterocycles. The van der Waals surface area contributed by atoms with E-state index in [4.69, 9.17) is 16.3 Å². The maximum absolute atomic E-state index is 12.9. The number of carbonyl (C=O) groups excluding carboxylic acids is 4. The number of esters is 1. The van der Waals surface area contributed by atoms with Crippen molar-refractivity contribution >= 4 is 46.7 Å². The minimum atomic E-state index is -0.590. The number of ether oxygens (including phenoxy) is 1. The summed E-state index contributed by atoms with van der Waals surface area (Å²) in [5.41, 5.74) is 1.90. The van der Waals surface area contributed by atoms with Gasteiger partial charge in [0.2, 0.25) is 17.7 Å². The van der Waals surface area contributed by atoms with Crippen molar-refractivity contribution in [2.75, 3.05) is 16.3 Å². The fourth-order valence-corrected chi connectivity index (χ4v) is 5.40. The number of fused-ring (bicyclic) bond motifs is 1. The Morgan fingerprint density at radius 3 is 2.24 bits per heavy atom. The predicted molar refractivity (Wildman–Crippen MR) is 127 cm³/mol. The zero-order valence-electron chi connectivity index (χ0n) is 18.8. The molecule has 8 heteroatoms. The summed E-state index contributed by atoms with van der Waals surface area (Å²) < 4.78 is 5.57. The first-order valence-corrected chi connectivity index (χ1v) is 12.0. The number of rotatable bonds is 4. The second kappa shape index (κ2) is 8.87. The molecule has 1 saturated carbocycles. The highest BCUT2D eigenvalue weighted by Gasteiger charge is 2.49. The van der Waals surface area contributed by atoms with Crippen LogP contribution in [0, 0.1) is 24.7 Å². The maximum atomic E-state index is 12.9. The number of carbonyl (C=O) groups is 4. The lowest BCUT2D eigenvalue weighted by molar-refractivity contribution is -0.139. The third kappa shape index (κ3) is 3.98. The summed E-state index contributed by atoms with van der Waals surface area (Å²) in [7, 11) is 0. The summed E-state index contributed by atoms with van der Waals surface area (Å²) in [6.45, 7) is 2.02. The average molecular weight is 481 g/mol. The van der Waals surface area contributed by atoms with Crippen LogP contribution in [-0.4, -0.2) is 30.2 Å². The molecule has 176 valence electrons. The van der Waals surface area contributed by atoms with E-state index in [1.165, 1.54) is 4.90 Å². The van der Waals surface area contributed by atoms with E-state index in [-0.39, 0.29) is 42.5 Å². The summed E-state index contributed by atoms with van der Waals surface area (Å²) in [5.74, 6) is -1.61. The van der Waals surface area contributed by atoms with E-state index < -0.39 is 11.9 Å². The van der Waals surface area contributed by atoms with Crippen molar-refractivity contribution in [2.45, 2.75) is 39.0 Å². The Bertz CT molecular complexity index is 1150. The monoisotopic (exact) mass is 480 g/mol. The fourth-order valence-electron chi connectivity index (χ4n) is 5.28. The third-order valence-corrected chi connectivity index (χ3v) is 7.32. The number of halogens is 1. The zero-order chi connectivity index (χ0) is 24.0. The van der Waals surface area contributed by atoms with Gasteiger partial charge in [-0.25, -0.2) is 4.90 Å². The molecule has 7 nitrogen and oxygen atoms in total. The van der Waals surface area contributed by atoms with E-state index in [0.717, 1.165) is 25.7 Å². The Labute approximate surface area is 202 Å². The normalized spacial score (nSPS) is 24.5. The number of anilines is 2. The molecule has 2 aliphatic heterocycles. The molecule has 3 aliphatic rings. The molecule has 0 unspecified atom stereocenters. The summed E-state index contributed by atoms with van der Waals surface area (Å²) >= 11 is 5.92. The molecule has 2 heterocycles. The summed E-state index contributed by atoms with van der Waals surface area (Å²) in [5, 5.41) is 0.571. The van der Waals surface area contributed by atoms with Gasteiger partial charge in [0.05, 0.1) is 23.4 Å². The molecule has 5 rings (SSSR count). The van der Waals surface area contributed by atoms with Crippen LogP contribution in [0.15, 0.2) is 42.5 Å². The number of amides is 3. The Morgan fingerprint density at radius 1 is 0.971 bits per heavy atom. The van der Waals surface area contributed by atoms with Gasteiger partial charge in [-0.1, -0.05) is 24.4 Å². The molecule has 0 aromatic heterocycles. The van der Waals surface area contributed by atoms with Gasteiger partial charge in [-0.3, -0.25) is 19.2 Å². The molecule has 3 atom stereocenters. The van der Waals surface area contributed by atoms with Crippen LogP contribution in [0.2, 0.25) is 5.02 Å². The van der Waals surface area contributed by atoms with Gasteiger partial charge in [0, 0.05) is 23.7 Å². The number of hydrogen-bond acceptors (Lipinski definition) is 5. The highest BCUT2D eigenvalue weighted by Crippen LogP contribution is 2.41. The minimum Gasteiger partial charge on any atom is -0.426 e. The molecule has 1 aliphatic carbocycles. The van der Waals surface area contributed by atoms with Gasteiger partial charge in [0.1, 0.15) is 5.75 Å². The number of aryl methyl sites for hydroxylation is 1. The van der Waals surface area contributed by atoms with Crippen molar-refractivity contribution in [1.29, 1.82) is 0 Å². The van der Waals surface area contributed by atoms with Crippen LogP contribution in [0.5, 0.6) is 5.75 Å². The minimum absolute atomic E-state index is 0.0675. The first-order valence-electron chi connectivity index (χ1n) is 11.6. The molecule has 2 aromatic carbocycles. The molecule has 0 spiro atoms. The highest BCUT2D eigenvalue weighted by atomic mass is 35.5. The van der Waals surface area contributed by atoms with Gasteiger partial charge in [-0.15, -0.1) is 0 Å². The lowest BCUT2D eigenvalue weighted by atomic mass is 9.81. The summed E-state index contributed by atoms with van der Waals surface area (Å²) in [6.07, 6.45) is 3.53. The molecular weight excluding hydrogens is 456 g/mol. The molecule has 2 aromatic rings. The van der Waals surface area contributed by atoms with Crippen LogP contribution >= 0.6 is 11.6 Å². The van der Waals surface area contributed by atoms with Crippen molar-refractivity contribution in [3.05, 3.63) is 53.1 Å². The van der Waals surface area contributed by atoms with Crippen molar-refractivity contribution < 1.29 is 23.9 Å². The van der Waals surface area contributed by atoms with Crippen molar-refractivity contribution in [3.63, 3.8) is 0 Å². The second-order valence-electron chi connectivity index (χ2n) is 9.26. The maximum Gasteiger partial charge on any atom is 0.316 e. The Balaban J connectivity index is 1.28. The van der Waals surface area contributed by atoms with E-state index in [0.29, 0.717) is 27.7 Å². The van der Waals surface area contributed by atoms with Crippen LogP contribution < -0.4 is 14.5 Å². The van der Waals surface area contributed by atoms with Gasteiger partial charge in [0.15, 0.2) is 0 Å². The second-order valence-corrected chi connectivity index (χ2v) is 9.70. The summed E-state index contributed by atoms with van der Waals surface area (Å²) in [4.78, 5) is 53.9. The first-order chi connectivity index (χ1) is 16.3. The first kappa shape index (κ1) is 22.6. The topological polar surface area (TPSA) is 84.0 Å². The molecule has 3 fully saturated rings. The molecule has 0 radical (unpaired) electrons. The third-order valence-electron chi connectivity index (χ3n) is 7.07. The smallest absolute Gasteiger partial charge is 0.316 e. The standard InChI is InChI=1S/C26H25ClN2O5/c1-15-12-19(10-11-22(15)29-24(31)20-4-2-3-5-21(20)25(29)32)34-26(33)16-13-23(30)28(14-16)18-8-6-17(27)7-9-18/h6-12,16,20-21H,2-5,13-14H2,1H3/t16-,20-,21-/m0/s1. The van der Waals surface area contributed by atoms with Crippen LogP contribution in [-0.2, 0) is 19.2 Å². The van der Waals surface area contributed by atoms with Gasteiger partial charge in [-0.2, -0.15) is 0 Å². The van der Waals surface area contributed by atoms with Crippen molar-refractivity contribution in [3.8, 4) is 5.75 Å². The lowest BCUT2D eigenvalue weighted by Gasteiger charge is -2.19. The number of nitrogens with zero attached hydrogens (tertiary/aromatic N) is 2. The van der Waals surface area contributed by atoms with E-state index in [2.05, 4.69) is 0 Å². The van der Waals surface area contributed by atoms with E-state index in [1.807, 2.05) is 0 Å². The number of benzene rings is 2. The van der Waals surface area contributed by atoms with E-state index in [9.17, 15) is 19.2 Å². The van der Waals surface area contributed by atoms with Gasteiger partial charge in [-0.05, 0) is 67.8 Å². The van der Waals surface area contributed by atoms with Gasteiger partial charge in [0.25, 0.3) is 0 Å². The SMILES string of the molecule is Cc1cc(OC(=O)[C@H]2CC(=O)N(c3ccc(Cl)cc3)C2)ccc1N1C(=O)[C@H]2CCCC[C@@H]2C1=O. The molecule has 0 bridgehead atoms. The molecule has 0 N–H and O–H groups in total. The average Bonchev–Trinajstić information content (AvgIpc) is 3.33. The number of imide groups is 1. The van der Waals surface area contributed by atoms with Gasteiger partial charge < -0.3 is 9.64 Å². The van der Waals surface area contributed by atoms with Crippen LogP contribution in [0.4, 0.5) is 11.4 Å².